The Morgan fingerprint density at radius 2 is 2.05 bits per heavy atom. The zero-order valence-corrected chi connectivity index (χ0v) is 13.5. The highest BCUT2D eigenvalue weighted by Gasteiger charge is 2.49. The van der Waals surface area contributed by atoms with Crippen LogP contribution in [0.25, 0.3) is 0 Å². The third kappa shape index (κ3) is 3.16. The van der Waals surface area contributed by atoms with E-state index in [4.69, 9.17) is 0 Å². The van der Waals surface area contributed by atoms with E-state index in [0.29, 0.717) is 25.6 Å². The van der Waals surface area contributed by atoms with Crippen LogP contribution >= 0.6 is 0 Å². The third-order valence-corrected chi connectivity index (χ3v) is 5.09. The molecule has 0 bridgehead atoms. The Balaban J connectivity index is 2.05. The molecule has 1 N–H and O–H groups in total. The number of carbonyl (C=O) groups is 2. The zero-order valence-electron chi connectivity index (χ0n) is 13.5. The maximum Gasteiger partial charge on any atom is 0.320 e. The van der Waals surface area contributed by atoms with Gasteiger partial charge < -0.3 is 14.9 Å². The Bertz CT molecular complexity index is 406. The minimum Gasteiger partial charge on any atom is -0.481 e. The van der Waals surface area contributed by atoms with Crippen molar-refractivity contribution in [3.05, 3.63) is 0 Å². The van der Waals surface area contributed by atoms with E-state index in [0.717, 1.165) is 32.2 Å². The molecular weight excluding hydrogens is 268 g/mol. The Morgan fingerprint density at radius 1 is 1.38 bits per heavy atom. The highest BCUT2D eigenvalue weighted by molar-refractivity contribution is 5.80. The topological polar surface area (TPSA) is 60.9 Å². The molecule has 1 saturated carbocycles. The predicted molar refractivity (Wildman–Crippen MR) is 81.1 cm³/mol. The number of carboxylic acid groups (broad SMARTS) is 1. The molecule has 1 aliphatic carbocycles. The summed E-state index contributed by atoms with van der Waals surface area (Å²) in [6.45, 7) is 7.74. The molecule has 0 aromatic heterocycles. The van der Waals surface area contributed by atoms with Crippen molar-refractivity contribution in [2.45, 2.75) is 58.9 Å². The summed E-state index contributed by atoms with van der Waals surface area (Å²) in [5.74, 6) is -0.725. The first-order valence-electron chi connectivity index (χ1n) is 8.21. The van der Waals surface area contributed by atoms with E-state index in [-0.39, 0.29) is 11.9 Å². The Hall–Kier alpha value is -1.26. The quantitative estimate of drug-likeness (QED) is 0.820. The van der Waals surface area contributed by atoms with Gasteiger partial charge in [0.15, 0.2) is 0 Å². The summed E-state index contributed by atoms with van der Waals surface area (Å²) in [7, 11) is 0. The van der Waals surface area contributed by atoms with Crippen LogP contribution < -0.4 is 0 Å². The van der Waals surface area contributed by atoms with Crippen molar-refractivity contribution < 1.29 is 14.7 Å². The van der Waals surface area contributed by atoms with Gasteiger partial charge in [-0.05, 0) is 31.6 Å². The lowest BCUT2D eigenvalue weighted by Crippen LogP contribution is -2.46. The van der Waals surface area contributed by atoms with Crippen LogP contribution in [0.3, 0.4) is 0 Å². The lowest BCUT2D eigenvalue weighted by molar-refractivity contribution is -0.150. The average Bonchev–Trinajstić information content (AvgIpc) is 3.15. The van der Waals surface area contributed by atoms with Crippen molar-refractivity contribution in [1.29, 1.82) is 0 Å². The average molecular weight is 296 g/mol. The normalized spacial score (nSPS) is 25.4. The molecule has 0 spiro atoms. The summed E-state index contributed by atoms with van der Waals surface area (Å²) in [4.78, 5) is 28.1. The van der Waals surface area contributed by atoms with Crippen molar-refractivity contribution in [3.8, 4) is 0 Å². The Kier molecular flexibility index (Phi) is 4.79. The summed E-state index contributed by atoms with van der Waals surface area (Å²) >= 11 is 0. The highest BCUT2D eigenvalue weighted by atomic mass is 16.4. The molecule has 5 heteroatoms. The summed E-state index contributed by atoms with van der Waals surface area (Å²) < 4.78 is 0. The van der Waals surface area contributed by atoms with Gasteiger partial charge in [-0.3, -0.25) is 4.79 Å². The maximum atomic E-state index is 12.7. The molecule has 0 aromatic carbocycles. The molecule has 21 heavy (non-hydrogen) atoms. The van der Waals surface area contributed by atoms with Gasteiger partial charge in [0.05, 0.1) is 5.41 Å². The van der Waals surface area contributed by atoms with Gasteiger partial charge in [0.25, 0.3) is 0 Å². The fourth-order valence-electron chi connectivity index (χ4n) is 3.22. The molecule has 2 fully saturated rings. The zero-order chi connectivity index (χ0) is 15.6. The third-order valence-electron chi connectivity index (χ3n) is 5.09. The van der Waals surface area contributed by atoms with Gasteiger partial charge in [-0.2, -0.15) is 0 Å². The molecule has 1 atom stereocenters. The number of hydrogen-bond acceptors (Lipinski definition) is 2. The number of likely N-dealkylation sites (tertiary alicyclic amines) is 1. The van der Waals surface area contributed by atoms with Gasteiger partial charge in [0.2, 0.25) is 0 Å². The lowest BCUT2D eigenvalue weighted by Gasteiger charge is -2.31. The first-order valence-corrected chi connectivity index (χ1v) is 8.21. The molecule has 0 radical (unpaired) electrons. The second kappa shape index (κ2) is 6.24. The molecule has 1 heterocycles. The van der Waals surface area contributed by atoms with Crippen LogP contribution in [0.4, 0.5) is 4.79 Å². The number of amides is 2. The van der Waals surface area contributed by atoms with Crippen LogP contribution in [0.5, 0.6) is 0 Å². The van der Waals surface area contributed by atoms with Crippen molar-refractivity contribution >= 4 is 12.0 Å². The fraction of sp³-hybridized carbons (Fsp3) is 0.875. The number of urea groups is 1. The summed E-state index contributed by atoms with van der Waals surface area (Å²) in [5, 5.41) is 9.58. The van der Waals surface area contributed by atoms with E-state index in [2.05, 4.69) is 6.92 Å². The molecule has 1 unspecified atom stereocenters. The van der Waals surface area contributed by atoms with E-state index < -0.39 is 11.4 Å². The van der Waals surface area contributed by atoms with E-state index in [1.54, 1.807) is 4.90 Å². The second-order valence-electron chi connectivity index (χ2n) is 6.85. The van der Waals surface area contributed by atoms with Gasteiger partial charge in [0.1, 0.15) is 0 Å². The molecule has 1 aliphatic heterocycles. The fourth-order valence-corrected chi connectivity index (χ4v) is 3.22. The van der Waals surface area contributed by atoms with Crippen LogP contribution in [-0.2, 0) is 4.79 Å². The number of unbranched alkanes of at least 4 members (excludes halogenated alkanes) is 1. The largest absolute Gasteiger partial charge is 0.481 e. The van der Waals surface area contributed by atoms with E-state index in [9.17, 15) is 14.7 Å². The SMILES string of the molecule is CCCCN(C(=O)N1CCC(C(=O)O)(C(C)C)C1)C1CC1. The van der Waals surface area contributed by atoms with Gasteiger partial charge in [-0.1, -0.05) is 27.2 Å². The molecule has 5 nitrogen and oxygen atoms in total. The van der Waals surface area contributed by atoms with Crippen molar-refractivity contribution in [2.24, 2.45) is 11.3 Å². The highest BCUT2D eigenvalue weighted by Crippen LogP contribution is 2.39. The Labute approximate surface area is 127 Å². The standard InChI is InChI=1S/C16H28N2O3/c1-4-5-9-18(13-6-7-13)15(21)17-10-8-16(11-17,12(2)3)14(19)20/h12-13H,4-11H2,1-3H3,(H,19,20). The monoisotopic (exact) mass is 296 g/mol. The van der Waals surface area contributed by atoms with Crippen LogP contribution in [0.15, 0.2) is 0 Å². The van der Waals surface area contributed by atoms with E-state index >= 15 is 0 Å². The van der Waals surface area contributed by atoms with E-state index in [1.165, 1.54) is 0 Å². The molecule has 120 valence electrons. The van der Waals surface area contributed by atoms with Gasteiger partial charge >= 0.3 is 12.0 Å². The molecular formula is C16H28N2O3. The summed E-state index contributed by atoms with van der Waals surface area (Å²) in [6.07, 6.45) is 4.85. The van der Waals surface area contributed by atoms with Crippen molar-refractivity contribution in [1.82, 2.24) is 9.80 Å². The number of aliphatic carboxylic acids is 1. The predicted octanol–water partition coefficient (Wildman–Crippen LogP) is 2.80. The molecule has 2 amide bonds. The maximum absolute atomic E-state index is 12.7. The molecule has 1 saturated heterocycles. The molecule has 2 rings (SSSR count). The van der Waals surface area contributed by atoms with Crippen LogP contribution in [0.2, 0.25) is 0 Å². The molecule has 0 aromatic rings. The minimum absolute atomic E-state index is 0.0396. The number of rotatable bonds is 6. The van der Waals surface area contributed by atoms with Crippen LogP contribution in [0.1, 0.15) is 52.9 Å². The molecule has 2 aliphatic rings. The number of carbonyl (C=O) groups excluding carboxylic acids is 1. The number of nitrogens with zero attached hydrogens (tertiary/aromatic N) is 2. The first-order chi connectivity index (χ1) is 9.92. The van der Waals surface area contributed by atoms with Gasteiger partial charge in [-0.25, -0.2) is 4.79 Å². The first kappa shape index (κ1) is 16.1. The number of carboxylic acids is 1. The lowest BCUT2D eigenvalue weighted by atomic mass is 9.76. The van der Waals surface area contributed by atoms with Crippen LogP contribution in [0, 0.1) is 11.3 Å². The van der Waals surface area contributed by atoms with Crippen molar-refractivity contribution in [2.75, 3.05) is 19.6 Å². The summed E-state index contributed by atoms with van der Waals surface area (Å²) in [6, 6.07) is 0.442. The minimum atomic E-state index is -0.768. The summed E-state index contributed by atoms with van der Waals surface area (Å²) in [5.41, 5.74) is -0.768. The van der Waals surface area contributed by atoms with Crippen LogP contribution in [-0.4, -0.2) is 52.6 Å². The Morgan fingerprint density at radius 3 is 2.48 bits per heavy atom. The van der Waals surface area contributed by atoms with Gasteiger partial charge in [0, 0.05) is 25.7 Å². The van der Waals surface area contributed by atoms with Crippen molar-refractivity contribution in [3.63, 3.8) is 0 Å². The smallest absolute Gasteiger partial charge is 0.320 e. The van der Waals surface area contributed by atoms with Gasteiger partial charge in [-0.15, -0.1) is 0 Å². The number of hydrogen-bond donors (Lipinski definition) is 1. The van der Waals surface area contributed by atoms with E-state index in [1.807, 2.05) is 18.7 Å². The second-order valence-corrected chi connectivity index (χ2v) is 6.85.